The minimum Gasteiger partial charge on any atom is -0.351 e. The molecule has 12 heteroatoms. The lowest BCUT2D eigenvalue weighted by molar-refractivity contribution is -0.122. The van der Waals surface area contributed by atoms with Gasteiger partial charge in [-0.1, -0.05) is 19.1 Å². The van der Waals surface area contributed by atoms with Crippen molar-refractivity contribution in [3.8, 4) is 0 Å². The van der Waals surface area contributed by atoms with Crippen LogP contribution in [0.3, 0.4) is 0 Å². The molecule has 1 fully saturated rings. The van der Waals surface area contributed by atoms with E-state index in [1.807, 2.05) is 25.1 Å². The third-order valence-electron chi connectivity index (χ3n) is 5.52. The van der Waals surface area contributed by atoms with Crippen LogP contribution in [0.25, 0.3) is 16.7 Å². The number of aromatic nitrogens is 4. The molecule has 0 aliphatic carbocycles. The average molecular weight is 479 g/mol. The average Bonchev–Trinajstić information content (AvgIpc) is 3.23. The van der Waals surface area contributed by atoms with Gasteiger partial charge in [0, 0.05) is 12.6 Å². The lowest BCUT2D eigenvalue weighted by Gasteiger charge is -2.17. The molecule has 0 radical (unpaired) electrons. The van der Waals surface area contributed by atoms with E-state index in [9.17, 15) is 18.0 Å². The number of para-hydroxylation sites is 1. The van der Waals surface area contributed by atoms with Crippen molar-refractivity contribution in [2.45, 2.75) is 39.0 Å². The highest BCUT2D eigenvalue weighted by molar-refractivity contribution is 7.91. The topological polar surface area (TPSA) is 111 Å². The molecule has 1 saturated heterocycles. The van der Waals surface area contributed by atoms with Crippen molar-refractivity contribution in [3.63, 3.8) is 0 Å². The molecule has 0 bridgehead atoms. The van der Waals surface area contributed by atoms with E-state index in [4.69, 9.17) is 12.2 Å². The van der Waals surface area contributed by atoms with Gasteiger partial charge in [0.2, 0.25) is 16.5 Å². The molecule has 172 valence electrons. The summed E-state index contributed by atoms with van der Waals surface area (Å²) in [7, 11) is -1.30. The first-order valence-electron chi connectivity index (χ1n) is 10.5. The molecular formula is C20H26N6O4S2. The highest BCUT2D eigenvalue weighted by atomic mass is 32.2. The zero-order chi connectivity index (χ0) is 23.0. The molecule has 2 aromatic heterocycles. The Morgan fingerprint density at radius 3 is 2.78 bits per heavy atom. The van der Waals surface area contributed by atoms with Gasteiger partial charge in [-0.15, -0.1) is 5.10 Å². The van der Waals surface area contributed by atoms with E-state index in [1.54, 1.807) is 31.7 Å². The number of aryl methyl sites for hydroxylation is 1. The Morgan fingerprint density at radius 2 is 2.09 bits per heavy atom. The molecule has 3 heterocycles. The standard InChI is InChI=1S/C20H26N6O4S2/c1-3-9-24-18(28)15-6-4-5-7-16(15)26-19(24)22-25(20(26)31)13-23(2)11-17(27)21-14-8-10-32(29,30)12-14/h4-7,14H,3,8-13H2,1-2H3,(H,21,27). The van der Waals surface area contributed by atoms with Crippen molar-refractivity contribution in [3.05, 3.63) is 39.4 Å². The van der Waals surface area contributed by atoms with Gasteiger partial charge >= 0.3 is 0 Å². The summed E-state index contributed by atoms with van der Waals surface area (Å²) in [5.41, 5.74) is 0.584. The van der Waals surface area contributed by atoms with E-state index in [1.165, 1.54) is 0 Å². The zero-order valence-electron chi connectivity index (χ0n) is 18.0. The van der Waals surface area contributed by atoms with Gasteiger partial charge in [0.1, 0.15) is 0 Å². The summed E-state index contributed by atoms with van der Waals surface area (Å²) in [5, 5.41) is 7.95. The maximum absolute atomic E-state index is 13.0. The minimum absolute atomic E-state index is 0.0119. The van der Waals surface area contributed by atoms with E-state index in [0.29, 0.717) is 34.4 Å². The summed E-state index contributed by atoms with van der Waals surface area (Å²) in [6, 6.07) is 6.95. The third kappa shape index (κ3) is 4.34. The van der Waals surface area contributed by atoms with E-state index in [-0.39, 0.29) is 42.2 Å². The fraction of sp³-hybridized carbons (Fsp3) is 0.500. The van der Waals surface area contributed by atoms with Gasteiger partial charge < -0.3 is 5.32 Å². The lowest BCUT2D eigenvalue weighted by Crippen LogP contribution is -2.42. The highest BCUT2D eigenvalue weighted by Gasteiger charge is 2.29. The van der Waals surface area contributed by atoms with Crippen molar-refractivity contribution in [2.24, 2.45) is 0 Å². The van der Waals surface area contributed by atoms with E-state index >= 15 is 0 Å². The Balaban J connectivity index is 1.60. The second-order valence-corrected chi connectivity index (χ2v) is 10.8. The van der Waals surface area contributed by atoms with Gasteiger partial charge in [-0.25, -0.2) is 13.1 Å². The van der Waals surface area contributed by atoms with Crippen molar-refractivity contribution < 1.29 is 13.2 Å². The van der Waals surface area contributed by atoms with Crippen molar-refractivity contribution in [1.82, 2.24) is 29.0 Å². The van der Waals surface area contributed by atoms with Crippen LogP contribution < -0.4 is 10.9 Å². The van der Waals surface area contributed by atoms with Crippen molar-refractivity contribution >= 4 is 44.6 Å². The van der Waals surface area contributed by atoms with Crippen LogP contribution in [0.5, 0.6) is 0 Å². The van der Waals surface area contributed by atoms with Crippen LogP contribution in [0.15, 0.2) is 29.1 Å². The first-order valence-corrected chi connectivity index (χ1v) is 12.7. The lowest BCUT2D eigenvalue weighted by atomic mass is 10.2. The fourth-order valence-electron chi connectivity index (χ4n) is 4.09. The quantitative estimate of drug-likeness (QED) is 0.500. The Kier molecular flexibility index (Phi) is 6.19. The van der Waals surface area contributed by atoms with Crippen LogP contribution in [0, 0.1) is 4.77 Å². The first-order chi connectivity index (χ1) is 15.2. The number of nitrogens with one attached hydrogen (secondary N) is 1. The predicted octanol–water partition coefficient (Wildman–Crippen LogP) is 0.783. The number of benzene rings is 1. The number of hydrogen-bond donors (Lipinski definition) is 1. The molecule has 0 spiro atoms. The minimum atomic E-state index is -3.06. The molecule has 1 unspecified atom stereocenters. The van der Waals surface area contributed by atoms with Gasteiger partial charge in [0.25, 0.3) is 5.56 Å². The van der Waals surface area contributed by atoms with Crippen LogP contribution in [0.2, 0.25) is 0 Å². The first kappa shape index (κ1) is 22.6. The number of amides is 1. The molecule has 4 rings (SSSR count). The van der Waals surface area contributed by atoms with Crippen LogP contribution >= 0.6 is 12.2 Å². The Bertz CT molecular complexity index is 1410. The molecule has 1 aliphatic heterocycles. The number of hydrogen-bond acceptors (Lipinski definition) is 7. The van der Waals surface area contributed by atoms with E-state index < -0.39 is 9.84 Å². The summed E-state index contributed by atoms with van der Waals surface area (Å²) >= 11 is 5.67. The number of sulfone groups is 1. The molecule has 1 aromatic carbocycles. The van der Waals surface area contributed by atoms with Crippen LogP contribution in [-0.4, -0.2) is 69.1 Å². The monoisotopic (exact) mass is 478 g/mol. The molecule has 1 amide bonds. The Morgan fingerprint density at radius 1 is 1.34 bits per heavy atom. The van der Waals surface area contributed by atoms with Crippen LogP contribution in [-0.2, 0) is 27.8 Å². The maximum atomic E-state index is 13.0. The smallest absolute Gasteiger partial charge is 0.262 e. The Hall–Kier alpha value is -2.57. The molecule has 1 atom stereocenters. The summed E-state index contributed by atoms with van der Waals surface area (Å²) in [5.74, 6) is 0.312. The van der Waals surface area contributed by atoms with Crippen LogP contribution in [0.4, 0.5) is 0 Å². The summed E-state index contributed by atoms with van der Waals surface area (Å²) in [6.07, 6.45) is 1.21. The summed E-state index contributed by atoms with van der Waals surface area (Å²) < 4.78 is 28.6. The second-order valence-electron chi connectivity index (χ2n) is 8.21. The van der Waals surface area contributed by atoms with Gasteiger partial charge in [0.05, 0.1) is 35.6 Å². The summed E-state index contributed by atoms with van der Waals surface area (Å²) in [6.45, 7) is 2.81. The van der Waals surface area contributed by atoms with Gasteiger partial charge in [-0.05, 0) is 44.2 Å². The molecule has 3 aromatic rings. The predicted molar refractivity (Wildman–Crippen MR) is 124 cm³/mol. The maximum Gasteiger partial charge on any atom is 0.262 e. The number of nitrogens with zero attached hydrogens (tertiary/aromatic N) is 5. The highest BCUT2D eigenvalue weighted by Crippen LogP contribution is 2.15. The third-order valence-corrected chi connectivity index (χ3v) is 7.68. The van der Waals surface area contributed by atoms with Gasteiger partial charge in [-0.3, -0.25) is 23.5 Å². The number of likely N-dealkylation sites (N-methyl/N-ethyl adjacent to an activating group) is 1. The normalized spacial score (nSPS) is 18.0. The molecule has 1 aliphatic rings. The van der Waals surface area contributed by atoms with E-state index in [0.717, 1.165) is 6.42 Å². The largest absolute Gasteiger partial charge is 0.351 e. The fourth-order valence-corrected chi connectivity index (χ4v) is 6.04. The Labute approximate surface area is 190 Å². The summed E-state index contributed by atoms with van der Waals surface area (Å²) in [4.78, 5) is 27.1. The van der Waals surface area contributed by atoms with Gasteiger partial charge in [-0.2, -0.15) is 0 Å². The second kappa shape index (κ2) is 8.75. The van der Waals surface area contributed by atoms with E-state index in [2.05, 4.69) is 10.4 Å². The van der Waals surface area contributed by atoms with Gasteiger partial charge in [0.15, 0.2) is 9.84 Å². The van der Waals surface area contributed by atoms with Crippen LogP contribution in [0.1, 0.15) is 19.8 Å². The molecule has 32 heavy (non-hydrogen) atoms. The number of rotatable bonds is 7. The SMILES string of the molecule is CCCn1c(=O)c2ccccc2n2c(=S)n(CN(C)CC(=O)NC3CCS(=O)(=O)C3)nc12. The van der Waals surface area contributed by atoms with Crippen molar-refractivity contribution in [1.29, 1.82) is 0 Å². The van der Waals surface area contributed by atoms with Crippen molar-refractivity contribution in [2.75, 3.05) is 25.1 Å². The molecule has 10 nitrogen and oxygen atoms in total. The molecule has 1 N–H and O–H groups in total. The number of carbonyl (C=O) groups excluding carboxylic acids is 1. The number of carbonyl (C=O) groups is 1. The molecule has 0 saturated carbocycles. The molecular weight excluding hydrogens is 452 g/mol. The zero-order valence-corrected chi connectivity index (χ0v) is 19.7. The number of fused-ring (bicyclic) bond motifs is 3.